The van der Waals surface area contributed by atoms with Crippen molar-refractivity contribution in [3.63, 3.8) is 0 Å². The van der Waals surface area contributed by atoms with Crippen molar-refractivity contribution in [1.82, 2.24) is 4.90 Å². The second-order valence-electron chi connectivity index (χ2n) is 5.04. The third-order valence-corrected chi connectivity index (χ3v) is 3.51. The number of carbonyl (C=O) groups excluding carboxylic acids is 2. The van der Waals surface area contributed by atoms with Crippen LogP contribution >= 0.6 is 0 Å². The summed E-state index contributed by atoms with van der Waals surface area (Å²) in [5.74, 6) is 5.59. The minimum absolute atomic E-state index is 0.142. The summed E-state index contributed by atoms with van der Waals surface area (Å²) in [5.41, 5.74) is 9.40. The Morgan fingerprint density at radius 3 is 2.73 bits per heavy atom. The minimum atomic E-state index is -0.402. The van der Waals surface area contributed by atoms with Gasteiger partial charge in [-0.15, -0.1) is 0 Å². The van der Waals surface area contributed by atoms with Gasteiger partial charge in [0.1, 0.15) is 0 Å². The number of Topliss-reactive ketones (excluding diaryl/α,β-unsaturated/α-hetero) is 1. The summed E-state index contributed by atoms with van der Waals surface area (Å²) in [6.45, 7) is 1.70. The summed E-state index contributed by atoms with van der Waals surface area (Å²) in [6, 6.07) is 6.87. The van der Waals surface area contributed by atoms with E-state index in [-0.39, 0.29) is 5.91 Å². The van der Waals surface area contributed by atoms with Gasteiger partial charge in [-0.1, -0.05) is 24.0 Å². The van der Waals surface area contributed by atoms with E-state index >= 15 is 0 Å². The van der Waals surface area contributed by atoms with E-state index in [1.54, 1.807) is 24.3 Å². The lowest BCUT2D eigenvalue weighted by atomic mass is 10.0. The van der Waals surface area contributed by atoms with Crippen LogP contribution in [0.1, 0.15) is 41.6 Å². The van der Waals surface area contributed by atoms with Gasteiger partial charge in [-0.25, -0.2) is 0 Å². The first-order chi connectivity index (χ1) is 10.7. The molecule has 0 aromatic heterocycles. The summed E-state index contributed by atoms with van der Waals surface area (Å²) in [7, 11) is 0. The van der Waals surface area contributed by atoms with Crippen LogP contribution < -0.4 is 0 Å². The van der Waals surface area contributed by atoms with Crippen molar-refractivity contribution >= 4 is 17.9 Å². The quantitative estimate of drug-likeness (QED) is 0.280. The van der Waals surface area contributed by atoms with Crippen LogP contribution in [0.15, 0.2) is 24.3 Å². The summed E-state index contributed by atoms with van der Waals surface area (Å²) >= 11 is 0. The third kappa shape index (κ3) is 4.15. The minimum Gasteiger partial charge on any atom is -0.361 e. The molecule has 5 nitrogen and oxygen atoms in total. The van der Waals surface area contributed by atoms with Crippen LogP contribution in [0.25, 0.3) is 5.53 Å². The molecular formula is C17H17N3O2. The topological polar surface area (TPSA) is 73.8 Å². The van der Waals surface area contributed by atoms with Crippen molar-refractivity contribution in [2.75, 3.05) is 13.1 Å². The molecule has 0 radical (unpaired) electrons. The second kappa shape index (κ2) is 7.92. The van der Waals surface area contributed by atoms with Crippen molar-refractivity contribution in [3.05, 3.63) is 40.9 Å². The zero-order valence-electron chi connectivity index (χ0n) is 12.3. The van der Waals surface area contributed by atoms with Gasteiger partial charge in [0.25, 0.3) is 5.78 Å². The van der Waals surface area contributed by atoms with Crippen molar-refractivity contribution in [1.29, 1.82) is 0 Å². The Morgan fingerprint density at radius 2 is 2.00 bits per heavy atom. The third-order valence-electron chi connectivity index (χ3n) is 3.51. The van der Waals surface area contributed by atoms with E-state index in [2.05, 4.69) is 16.6 Å². The molecule has 1 heterocycles. The molecule has 2 rings (SSSR count). The molecule has 0 N–H and O–H groups in total. The Morgan fingerprint density at radius 1 is 1.27 bits per heavy atom. The monoisotopic (exact) mass is 295 g/mol. The van der Waals surface area contributed by atoms with E-state index in [1.165, 1.54) is 0 Å². The Balaban J connectivity index is 1.98. The zero-order valence-corrected chi connectivity index (χ0v) is 12.3. The largest absolute Gasteiger partial charge is 0.361 e. The highest BCUT2D eigenvalue weighted by Crippen LogP contribution is 2.10. The predicted molar refractivity (Wildman–Crippen MR) is 82.4 cm³/mol. The van der Waals surface area contributed by atoms with E-state index < -0.39 is 5.78 Å². The highest BCUT2D eigenvalue weighted by atomic mass is 16.2. The lowest BCUT2D eigenvalue weighted by Gasteiger charge is -2.13. The maximum absolute atomic E-state index is 11.9. The van der Waals surface area contributed by atoms with Gasteiger partial charge in [-0.3, -0.25) is 9.59 Å². The van der Waals surface area contributed by atoms with Gasteiger partial charge in [0.2, 0.25) is 5.91 Å². The van der Waals surface area contributed by atoms with Crippen LogP contribution in [-0.2, 0) is 4.79 Å². The molecule has 5 heteroatoms. The van der Waals surface area contributed by atoms with Gasteiger partial charge in [0, 0.05) is 37.1 Å². The number of likely N-dealkylation sites (tertiary alicyclic amines) is 1. The highest BCUT2D eigenvalue weighted by Gasteiger charge is 2.16. The fourth-order valence-electron chi connectivity index (χ4n) is 2.38. The predicted octanol–water partition coefficient (Wildman–Crippen LogP) is 1.92. The molecule has 0 aliphatic carbocycles. The molecule has 1 fully saturated rings. The van der Waals surface area contributed by atoms with E-state index in [4.69, 9.17) is 5.53 Å². The van der Waals surface area contributed by atoms with E-state index in [1.807, 2.05) is 4.90 Å². The van der Waals surface area contributed by atoms with Crippen LogP contribution in [0.3, 0.4) is 0 Å². The average Bonchev–Trinajstić information content (AvgIpc) is 3.06. The SMILES string of the molecule is [N-]=[N+]=CC(=O)c1ccccc1C#CCCC(=O)N1CCCC1. The zero-order chi connectivity index (χ0) is 15.8. The number of nitrogens with zero attached hydrogens (tertiary/aromatic N) is 3. The van der Waals surface area contributed by atoms with Crippen LogP contribution in [-0.4, -0.2) is 40.7 Å². The number of ketones is 1. The first-order valence-corrected chi connectivity index (χ1v) is 7.30. The molecule has 0 saturated carbocycles. The van der Waals surface area contributed by atoms with Crippen LogP contribution in [0.4, 0.5) is 0 Å². The Labute approximate surface area is 129 Å². The van der Waals surface area contributed by atoms with Gasteiger partial charge in [-0.2, -0.15) is 4.79 Å². The number of amides is 1. The standard InChI is InChI=1S/C17H17N3O2/c18-19-13-16(21)15-9-3-1-7-14(15)8-2-4-10-17(22)20-11-5-6-12-20/h1,3,7,9,13H,4-6,10-12H2. The molecule has 1 aliphatic rings. The molecule has 1 aliphatic heterocycles. The maximum Gasteiger partial charge on any atom is 0.328 e. The van der Waals surface area contributed by atoms with Crippen LogP contribution in [0.2, 0.25) is 0 Å². The number of hydrogen-bond donors (Lipinski definition) is 0. The van der Waals surface area contributed by atoms with Crippen molar-refractivity contribution in [3.8, 4) is 11.8 Å². The lowest BCUT2D eigenvalue weighted by Crippen LogP contribution is -2.27. The molecule has 0 atom stereocenters. The number of benzene rings is 1. The lowest BCUT2D eigenvalue weighted by molar-refractivity contribution is -0.129. The molecule has 1 aromatic carbocycles. The first-order valence-electron chi connectivity index (χ1n) is 7.30. The Hall–Kier alpha value is -2.70. The van der Waals surface area contributed by atoms with E-state index in [0.717, 1.165) is 32.1 Å². The van der Waals surface area contributed by atoms with E-state index in [9.17, 15) is 9.59 Å². The van der Waals surface area contributed by atoms with Gasteiger partial charge >= 0.3 is 6.21 Å². The van der Waals surface area contributed by atoms with Gasteiger partial charge in [-0.05, 0) is 25.0 Å². The molecule has 112 valence electrons. The van der Waals surface area contributed by atoms with Crippen molar-refractivity contribution in [2.24, 2.45) is 0 Å². The second-order valence-corrected chi connectivity index (χ2v) is 5.04. The molecule has 1 amide bonds. The highest BCUT2D eigenvalue weighted by molar-refractivity contribution is 6.34. The maximum atomic E-state index is 11.9. The number of hydrogen-bond acceptors (Lipinski definition) is 2. The normalized spacial score (nSPS) is 13.0. The molecule has 0 unspecified atom stereocenters. The molecule has 1 saturated heterocycles. The van der Waals surface area contributed by atoms with Gasteiger partial charge in [0.05, 0.1) is 0 Å². The van der Waals surface area contributed by atoms with Crippen molar-refractivity contribution < 1.29 is 14.4 Å². The fraction of sp³-hybridized carbons (Fsp3) is 0.353. The number of carbonyl (C=O) groups is 2. The van der Waals surface area contributed by atoms with Crippen LogP contribution in [0.5, 0.6) is 0 Å². The summed E-state index contributed by atoms with van der Waals surface area (Å²) in [5, 5.41) is 0. The average molecular weight is 295 g/mol. The molecular weight excluding hydrogens is 278 g/mol. The fourth-order valence-corrected chi connectivity index (χ4v) is 2.38. The molecule has 22 heavy (non-hydrogen) atoms. The first kappa shape index (κ1) is 15.7. The van der Waals surface area contributed by atoms with Gasteiger partial charge < -0.3 is 10.4 Å². The summed E-state index contributed by atoms with van der Waals surface area (Å²) in [6.07, 6.45) is 3.88. The molecule has 0 spiro atoms. The Kier molecular flexibility index (Phi) is 5.65. The van der Waals surface area contributed by atoms with E-state index in [0.29, 0.717) is 24.0 Å². The Bertz CT molecular complexity index is 673. The van der Waals surface area contributed by atoms with Crippen molar-refractivity contribution in [2.45, 2.75) is 25.7 Å². The molecule has 1 aromatic rings. The smallest absolute Gasteiger partial charge is 0.328 e. The van der Waals surface area contributed by atoms with Gasteiger partial charge in [0.15, 0.2) is 0 Å². The van der Waals surface area contributed by atoms with Crippen LogP contribution in [0, 0.1) is 11.8 Å². The molecule has 0 bridgehead atoms. The summed E-state index contributed by atoms with van der Waals surface area (Å²) in [4.78, 5) is 28.2. The number of rotatable bonds is 4. The summed E-state index contributed by atoms with van der Waals surface area (Å²) < 4.78 is 0.